The molecular formula is C27H19ClN2OS. The van der Waals surface area contributed by atoms with Crippen molar-refractivity contribution in [2.45, 2.75) is 5.92 Å². The lowest BCUT2D eigenvalue weighted by molar-refractivity contribution is -0.116. The van der Waals surface area contributed by atoms with Crippen molar-refractivity contribution in [1.82, 2.24) is 4.98 Å². The molecule has 3 nitrogen and oxygen atoms in total. The number of thiazole rings is 1. The van der Waals surface area contributed by atoms with Gasteiger partial charge in [-0.2, -0.15) is 0 Å². The first-order chi connectivity index (χ1) is 15.7. The number of rotatable bonds is 5. The van der Waals surface area contributed by atoms with Crippen molar-refractivity contribution < 1.29 is 4.79 Å². The fraction of sp³-hybridized carbons (Fsp3) is 0.0370. The summed E-state index contributed by atoms with van der Waals surface area (Å²) in [4.78, 5) is 18.4. The molecule has 0 saturated heterocycles. The highest BCUT2D eigenvalue weighted by Gasteiger charge is 2.24. The van der Waals surface area contributed by atoms with Gasteiger partial charge in [-0.3, -0.25) is 4.79 Å². The third-order valence-corrected chi connectivity index (χ3v) is 6.60. The van der Waals surface area contributed by atoms with Crippen molar-refractivity contribution >= 4 is 44.7 Å². The minimum Gasteiger partial charge on any atom is -0.325 e. The molecule has 0 spiro atoms. The fourth-order valence-electron chi connectivity index (χ4n) is 3.78. The number of benzene rings is 4. The predicted molar refractivity (Wildman–Crippen MR) is 133 cm³/mol. The topological polar surface area (TPSA) is 42.0 Å². The second kappa shape index (κ2) is 8.95. The smallest absolute Gasteiger partial charge is 0.236 e. The third-order valence-electron chi connectivity index (χ3n) is 5.29. The van der Waals surface area contributed by atoms with Crippen LogP contribution in [0.3, 0.4) is 0 Å². The molecule has 0 radical (unpaired) electrons. The van der Waals surface area contributed by atoms with E-state index in [2.05, 4.69) is 5.32 Å². The number of carbonyl (C=O) groups excluding carboxylic acids is 1. The van der Waals surface area contributed by atoms with E-state index in [9.17, 15) is 4.79 Å². The molecule has 5 aromatic rings. The van der Waals surface area contributed by atoms with Gasteiger partial charge in [-0.05, 0) is 41.5 Å². The number of fused-ring (bicyclic) bond motifs is 1. The Morgan fingerprint density at radius 2 is 1.44 bits per heavy atom. The van der Waals surface area contributed by atoms with Crippen LogP contribution in [-0.2, 0) is 4.79 Å². The number of carbonyl (C=O) groups is 1. The van der Waals surface area contributed by atoms with Gasteiger partial charge in [0.15, 0.2) is 0 Å². The molecule has 1 N–H and O–H groups in total. The second-order valence-corrected chi connectivity index (χ2v) is 8.89. The number of aromatic nitrogens is 1. The number of para-hydroxylation sites is 1. The van der Waals surface area contributed by atoms with E-state index in [-0.39, 0.29) is 5.91 Å². The predicted octanol–water partition coefficient (Wildman–Crippen LogP) is 7.39. The van der Waals surface area contributed by atoms with Crippen molar-refractivity contribution in [2.75, 3.05) is 5.32 Å². The first kappa shape index (κ1) is 20.4. The van der Waals surface area contributed by atoms with Crippen LogP contribution in [0.15, 0.2) is 103 Å². The van der Waals surface area contributed by atoms with Gasteiger partial charge >= 0.3 is 0 Å². The number of hydrogen-bond donors (Lipinski definition) is 1. The van der Waals surface area contributed by atoms with Crippen molar-refractivity contribution in [1.29, 1.82) is 0 Å². The van der Waals surface area contributed by atoms with Crippen LogP contribution >= 0.6 is 22.9 Å². The zero-order valence-electron chi connectivity index (χ0n) is 17.0. The Labute approximate surface area is 195 Å². The Kier molecular flexibility index (Phi) is 5.71. The van der Waals surface area contributed by atoms with E-state index in [0.29, 0.717) is 10.7 Å². The lowest BCUT2D eigenvalue weighted by Crippen LogP contribution is -2.22. The van der Waals surface area contributed by atoms with E-state index in [1.165, 1.54) is 0 Å². The van der Waals surface area contributed by atoms with Crippen molar-refractivity contribution in [3.63, 3.8) is 0 Å². The van der Waals surface area contributed by atoms with Crippen LogP contribution in [0.1, 0.15) is 17.0 Å². The molecule has 0 aliphatic rings. The lowest BCUT2D eigenvalue weighted by Gasteiger charge is -2.19. The molecule has 4 aromatic carbocycles. The van der Waals surface area contributed by atoms with E-state index in [1.54, 1.807) is 17.4 Å². The average molecular weight is 455 g/mol. The normalized spacial score (nSPS) is 11.1. The lowest BCUT2D eigenvalue weighted by atomic mass is 9.90. The molecular weight excluding hydrogens is 436 g/mol. The molecule has 5 heteroatoms. The second-order valence-electron chi connectivity index (χ2n) is 7.42. The number of nitrogens with zero attached hydrogens (tertiary/aromatic N) is 1. The molecule has 1 amide bonds. The summed E-state index contributed by atoms with van der Waals surface area (Å²) in [6, 6.07) is 33.1. The standard InChI is InChI=1S/C27H19ClN2OS/c28-20-15-16-22(21(17-20)27-30-23-13-7-8-14-24(23)32-27)29-26(31)25(18-9-3-1-4-10-18)19-11-5-2-6-12-19/h1-17,25H,(H,29,31). The van der Waals surface area contributed by atoms with Gasteiger partial charge in [0.25, 0.3) is 0 Å². The maximum absolute atomic E-state index is 13.6. The summed E-state index contributed by atoms with van der Waals surface area (Å²) in [6.45, 7) is 0. The van der Waals surface area contributed by atoms with Crippen LogP contribution in [0.5, 0.6) is 0 Å². The number of anilines is 1. The van der Waals surface area contributed by atoms with Crippen LogP contribution in [0.4, 0.5) is 5.69 Å². The summed E-state index contributed by atoms with van der Waals surface area (Å²) in [5.41, 5.74) is 4.30. The van der Waals surface area contributed by atoms with Gasteiger partial charge in [-0.15, -0.1) is 11.3 Å². The van der Waals surface area contributed by atoms with Crippen LogP contribution in [-0.4, -0.2) is 10.9 Å². The zero-order chi connectivity index (χ0) is 21.9. The maximum atomic E-state index is 13.6. The summed E-state index contributed by atoms with van der Waals surface area (Å²) < 4.78 is 1.09. The van der Waals surface area contributed by atoms with E-state index in [1.807, 2.05) is 97.1 Å². The SMILES string of the molecule is O=C(Nc1ccc(Cl)cc1-c1nc2ccccc2s1)C(c1ccccc1)c1ccccc1. The van der Waals surface area contributed by atoms with Crippen LogP contribution in [0, 0.1) is 0 Å². The van der Waals surface area contributed by atoms with Gasteiger partial charge in [-0.25, -0.2) is 4.98 Å². The Hall–Kier alpha value is -3.47. The molecule has 0 aliphatic heterocycles. The van der Waals surface area contributed by atoms with Crippen molar-refractivity contribution in [3.8, 4) is 10.6 Å². The first-order valence-corrected chi connectivity index (χ1v) is 11.4. The Morgan fingerprint density at radius 3 is 2.09 bits per heavy atom. The quantitative estimate of drug-likeness (QED) is 0.301. The van der Waals surface area contributed by atoms with E-state index in [0.717, 1.165) is 31.9 Å². The summed E-state index contributed by atoms with van der Waals surface area (Å²) >= 11 is 7.90. The number of hydrogen-bond acceptors (Lipinski definition) is 3. The number of amides is 1. The molecule has 1 aromatic heterocycles. The molecule has 0 unspecified atom stereocenters. The van der Waals surface area contributed by atoms with E-state index < -0.39 is 5.92 Å². The molecule has 0 saturated carbocycles. The minimum atomic E-state index is -0.434. The van der Waals surface area contributed by atoms with Crippen LogP contribution in [0.25, 0.3) is 20.8 Å². The molecule has 156 valence electrons. The molecule has 1 heterocycles. The van der Waals surface area contributed by atoms with Crippen LogP contribution < -0.4 is 5.32 Å². The number of nitrogens with one attached hydrogen (secondary N) is 1. The Morgan fingerprint density at radius 1 is 0.812 bits per heavy atom. The molecule has 0 aliphatic carbocycles. The van der Waals surface area contributed by atoms with Gasteiger partial charge in [0.2, 0.25) is 5.91 Å². The van der Waals surface area contributed by atoms with E-state index >= 15 is 0 Å². The summed E-state index contributed by atoms with van der Waals surface area (Å²) in [6.07, 6.45) is 0. The highest BCUT2D eigenvalue weighted by atomic mass is 35.5. The molecule has 5 rings (SSSR count). The number of halogens is 1. The average Bonchev–Trinajstić information content (AvgIpc) is 3.26. The zero-order valence-corrected chi connectivity index (χ0v) is 18.6. The van der Waals surface area contributed by atoms with E-state index in [4.69, 9.17) is 16.6 Å². The summed E-state index contributed by atoms with van der Waals surface area (Å²) in [5.74, 6) is -0.539. The Bertz CT molecular complexity index is 1310. The largest absolute Gasteiger partial charge is 0.325 e. The molecule has 0 atom stereocenters. The van der Waals surface area contributed by atoms with Gasteiger partial charge < -0.3 is 5.32 Å². The maximum Gasteiger partial charge on any atom is 0.236 e. The molecule has 0 fully saturated rings. The van der Waals surface area contributed by atoms with Gasteiger partial charge in [0.1, 0.15) is 5.01 Å². The highest BCUT2D eigenvalue weighted by molar-refractivity contribution is 7.21. The summed E-state index contributed by atoms with van der Waals surface area (Å²) in [5, 5.41) is 4.56. The Balaban J connectivity index is 1.55. The molecule has 32 heavy (non-hydrogen) atoms. The van der Waals surface area contributed by atoms with Gasteiger partial charge in [-0.1, -0.05) is 84.4 Å². The first-order valence-electron chi connectivity index (χ1n) is 10.3. The monoisotopic (exact) mass is 454 g/mol. The minimum absolute atomic E-state index is 0.105. The summed E-state index contributed by atoms with van der Waals surface area (Å²) in [7, 11) is 0. The van der Waals surface area contributed by atoms with Crippen LogP contribution in [0.2, 0.25) is 5.02 Å². The fourth-order valence-corrected chi connectivity index (χ4v) is 4.95. The van der Waals surface area contributed by atoms with Gasteiger partial charge in [0, 0.05) is 10.6 Å². The third kappa shape index (κ3) is 4.15. The molecule has 0 bridgehead atoms. The highest BCUT2D eigenvalue weighted by Crippen LogP contribution is 2.37. The van der Waals surface area contributed by atoms with Crippen molar-refractivity contribution in [3.05, 3.63) is 119 Å². The van der Waals surface area contributed by atoms with Crippen molar-refractivity contribution in [2.24, 2.45) is 0 Å². The van der Waals surface area contributed by atoms with Gasteiger partial charge in [0.05, 0.1) is 21.8 Å².